The van der Waals surface area contributed by atoms with Crippen molar-refractivity contribution in [1.82, 2.24) is 15.5 Å². The fraction of sp³-hybridized carbons (Fsp3) is 0.308. The Hall–Kier alpha value is -2.08. The molecule has 0 radical (unpaired) electrons. The van der Waals surface area contributed by atoms with Crippen molar-refractivity contribution in [2.24, 2.45) is 10.7 Å². The lowest BCUT2D eigenvalue weighted by Gasteiger charge is -2.00. The van der Waals surface area contributed by atoms with Gasteiger partial charge in [0.05, 0.1) is 0 Å². The molecule has 0 aliphatic heterocycles. The van der Waals surface area contributed by atoms with E-state index in [-0.39, 0.29) is 6.54 Å². The fourth-order valence-corrected chi connectivity index (χ4v) is 1.80. The molecule has 1 aromatic heterocycles. The molecular weight excluding hydrogens is 278 g/mol. The van der Waals surface area contributed by atoms with Crippen molar-refractivity contribution in [3.05, 3.63) is 35.2 Å². The van der Waals surface area contributed by atoms with E-state index in [2.05, 4.69) is 20.4 Å². The van der Waals surface area contributed by atoms with Gasteiger partial charge in [0.2, 0.25) is 11.7 Å². The first-order valence-electron chi connectivity index (χ1n) is 6.36. The zero-order valence-electron chi connectivity index (χ0n) is 10.7. The average Bonchev–Trinajstić information content (AvgIpc) is 3.12. The second-order valence-electron chi connectivity index (χ2n) is 4.64. The predicted octanol–water partition coefficient (Wildman–Crippen LogP) is 1.96. The molecule has 0 saturated heterocycles. The third-order valence-corrected chi connectivity index (χ3v) is 3.14. The number of benzene rings is 1. The number of nitrogens with two attached hydrogens (primary N) is 1. The van der Waals surface area contributed by atoms with Crippen molar-refractivity contribution in [2.45, 2.75) is 25.4 Å². The third kappa shape index (κ3) is 3.27. The number of nitrogens with zero attached hydrogens (tertiary/aromatic N) is 3. The van der Waals surface area contributed by atoms with Gasteiger partial charge < -0.3 is 15.6 Å². The van der Waals surface area contributed by atoms with E-state index in [1.807, 2.05) is 12.1 Å². The molecule has 0 unspecified atom stereocenters. The molecule has 1 fully saturated rings. The zero-order chi connectivity index (χ0) is 13.9. The summed E-state index contributed by atoms with van der Waals surface area (Å²) in [5, 5.41) is 7.67. The van der Waals surface area contributed by atoms with E-state index in [0.29, 0.717) is 28.7 Å². The monoisotopic (exact) mass is 291 g/mol. The van der Waals surface area contributed by atoms with Crippen LogP contribution < -0.4 is 11.1 Å². The van der Waals surface area contributed by atoms with Gasteiger partial charge in [-0.1, -0.05) is 16.8 Å². The summed E-state index contributed by atoms with van der Waals surface area (Å²) in [7, 11) is 0. The molecule has 0 bridgehead atoms. The van der Waals surface area contributed by atoms with Crippen LogP contribution in [-0.2, 0) is 6.54 Å². The molecule has 6 nitrogen and oxygen atoms in total. The summed E-state index contributed by atoms with van der Waals surface area (Å²) >= 11 is 5.83. The molecule has 20 heavy (non-hydrogen) atoms. The van der Waals surface area contributed by atoms with Crippen molar-refractivity contribution in [3.63, 3.8) is 0 Å². The normalized spacial score (nSPS) is 15.3. The second-order valence-corrected chi connectivity index (χ2v) is 5.08. The van der Waals surface area contributed by atoms with Crippen LogP contribution in [0.1, 0.15) is 18.7 Å². The van der Waals surface area contributed by atoms with Gasteiger partial charge in [0, 0.05) is 16.6 Å². The van der Waals surface area contributed by atoms with Crippen LogP contribution in [0.2, 0.25) is 5.02 Å². The second kappa shape index (κ2) is 5.50. The van der Waals surface area contributed by atoms with E-state index in [1.54, 1.807) is 12.1 Å². The predicted molar refractivity (Wildman–Crippen MR) is 76.2 cm³/mol. The minimum atomic E-state index is 0.270. The van der Waals surface area contributed by atoms with Gasteiger partial charge in [0.15, 0.2) is 5.96 Å². The number of nitrogens with one attached hydrogen (secondary N) is 1. The summed E-state index contributed by atoms with van der Waals surface area (Å²) in [6.07, 6.45) is 2.30. The molecule has 0 spiro atoms. The van der Waals surface area contributed by atoms with Crippen LogP contribution in [0.3, 0.4) is 0 Å². The Kier molecular flexibility index (Phi) is 3.56. The van der Waals surface area contributed by atoms with E-state index in [0.717, 1.165) is 18.4 Å². The van der Waals surface area contributed by atoms with Crippen molar-refractivity contribution in [1.29, 1.82) is 0 Å². The van der Waals surface area contributed by atoms with Crippen LogP contribution in [0.5, 0.6) is 0 Å². The number of hydrogen-bond acceptors (Lipinski definition) is 4. The quantitative estimate of drug-likeness (QED) is 0.664. The molecule has 1 heterocycles. The fourth-order valence-electron chi connectivity index (χ4n) is 1.67. The molecule has 2 aromatic rings. The summed E-state index contributed by atoms with van der Waals surface area (Å²) in [6.45, 7) is 0.270. The molecule has 3 N–H and O–H groups in total. The van der Waals surface area contributed by atoms with Gasteiger partial charge in [-0.25, -0.2) is 4.99 Å². The standard InChI is InChI=1S/C13H14ClN5O/c14-9-3-1-8(2-4-9)12-18-11(20-19-12)7-16-13(15)17-10-5-6-10/h1-4,10H,5-7H2,(H3,15,16,17). The number of aromatic nitrogens is 2. The SMILES string of the molecule is NC(=NCc1nc(-c2ccc(Cl)cc2)no1)NC1CC1. The van der Waals surface area contributed by atoms with E-state index in [4.69, 9.17) is 21.9 Å². The highest BCUT2D eigenvalue weighted by atomic mass is 35.5. The summed E-state index contributed by atoms with van der Waals surface area (Å²) in [5.74, 6) is 1.36. The summed E-state index contributed by atoms with van der Waals surface area (Å²) in [5.41, 5.74) is 6.58. The Morgan fingerprint density at radius 1 is 1.40 bits per heavy atom. The van der Waals surface area contributed by atoms with Gasteiger partial charge in [0.1, 0.15) is 6.54 Å². The molecule has 104 valence electrons. The summed E-state index contributed by atoms with van der Waals surface area (Å²) in [4.78, 5) is 8.43. The van der Waals surface area contributed by atoms with E-state index in [1.165, 1.54) is 0 Å². The Balaban J connectivity index is 1.65. The smallest absolute Gasteiger partial charge is 0.248 e. The first-order chi connectivity index (χ1) is 9.70. The maximum atomic E-state index is 5.83. The van der Waals surface area contributed by atoms with Gasteiger partial charge in [-0.2, -0.15) is 4.98 Å². The van der Waals surface area contributed by atoms with Crippen LogP contribution in [-0.4, -0.2) is 22.1 Å². The number of halogens is 1. The molecule has 0 atom stereocenters. The highest BCUT2D eigenvalue weighted by Crippen LogP contribution is 2.19. The maximum Gasteiger partial charge on any atom is 0.248 e. The average molecular weight is 292 g/mol. The van der Waals surface area contributed by atoms with Crippen LogP contribution in [0, 0.1) is 0 Å². The van der Waals surface area contributed by atoms with Gasteiger partial charge in [-0.3, -0.25) is 0 Å². The van der Waals surface area contributed by atoms with Crippen LogP contribution >= 0.6 is 11.6 Å². The lowest BCUT2D eigenvalue weighted by atomic mass is 10.2. The summed E-state index contributed by atoms with van der Waals surface area (Å²) in [6, 6.07) is 7.71. The molecule has 7 heteroatoms. The Morgan fingerprint density at radius 3 is 2.85 bits per heavy atom. The van der Waals surface area contributed by atoms with Gasteiger partial charge in [-0.15, -0.1) is 0 Å². The van der Waals surface area contributed by atoms with Gasteiger partial charge >= 0.3 is 0 Å². The molecule has 1 aliphatic carbocycles. The molecule has 1 saturated carbocycles. The highest BCUT2D eigenvalue weighted by molar-refractivity contribution is 6.30. The molecule has 3 rings (SSSR count). The first kappa shape index (κ1) is 12.9. The largest absolute Gasteiger partial charge is 0.370 e. The number of hydrogen-bond donors (Lipinski definition) is 2. The molecular formula is C13H14ClN5O. The van der Waals surface area contributed by atoms with Crippen molar-refractivity contribution in [3.8, 4) is 11.4 Å². The van der Waals surface area contributed by atoms with Crippen molar-refractivity contribution in [2.75, 3.05) is 0 Å². The number of guanidine groups is 1. The van der Waals surface area contributed by atoms with Crippen LogP contribution in [0.4, 0.5) is 0 Å². The van der Waals surface area contributed by atoms with Crippen LogP contribution in [0.15, 0.2) is 33.8 Å². The maximum absolute atomic E-state index is 5.83. The topological polar surface area (TPSA) is 89.3 Å². The Bertz CT molecular complexity index is 618. The van der Waals surface area contributed by atoms with E-state index in [9.17, 15) is 0 Å². The Morgan fingerprint density at radius 2 is 2.15 bits per heavy atom. The lowest BCUT2D eigenvalue weighted by molar-refractivity contribution is 0.381. The van der Waals surface area contributed by atoms with Gasteiger partial charge in [-0.05, 0) is 37.1 Å². The van der Waals surface area contributed by atoms with Gasteiger partial charge in [0.25, 0.3) is 0 Å². The third-order valence-electron chi connectivity index (χ3n) is 2.88. The van der Waals surface area contributed by atoms with E-state index >= 15 is 0 Å². The van der Waals surface area contributed by atoms with E-state index < -0.39 is 0 Å². The van der Waals surface area contributed by atoms with Crippen molar-refractivity contribution < 1.29 is 4.52 Å². The lowest BCUT2D eigenvalue weighted by Crippen LogP contribution is -2.33. The zero-order valence-corrected chi connectivity index (χ0v) is 11.5. The minimum absolute atomic E-state index is 0.270. The first-order valence-corrected chi connectivity index (χ1v) is 6.73. The van der Waals surface area contributed by atoms with Crippen LogP contribution in [0.25, 0.3) is 11.4 Å². The molecule has 0 amide bonds. The summed E-state index contributed by atoms with van der Waals surface area (Å²) < 4.78 is 5.14. The highest BCUT2D eigenvalue weighted by Gasteiger charge is 2.21. The number of aliphatic imine (C=N–C) groups is 1. The minimum Gasteiger partial charge on any atom is -0.370 e. The molecule has 1 aliphatic rings. The molecule has 1 aromatic carbocycles. The number of rotatable bonds is 4. The Labute approximate surface area is 121 Å². The van der Waals surface area contributed by atoms with Crippen molar-refractivity contribution >= 4 is 17.6 Å².